The van der Waals surface area contributed by atoms with Gasteiger partial charge in [-0.25, -0.2) is 4.98 Å². The second kappa shape index (κ2) is 9.19. The summed E-state index contributed by atoms with van der Waals surface area (Å²) >= 11 is 1.25. The van der Waals surface area contributed by atoms with Crippen LogP contribution in [0.15, 0.2) is 89.9 Å². The average molecular weight is 483 g/mol. The second-order valence-corrected chi connectivity index (χ2v) is 9.16. The molecule has 1 fully saturated rings. The van der Waals surface area contributed by atoms with E-state index in [0.29, 0.717) is 27.8 Å². The zero-order valence-corrected chi connectivity index (χ0v) is 20.0. The first-order valence-corrected chi connectivity index (χ1v) is 11.9. The van der Waals surface area contributed by atoms with Crippen molar-refractivity contribution >= 4 is 33.9 Å². The Hall–Kier alpha value is -4.23. The Kier molecular flexibility index (Phi) is 5.93. The Balaban J connectivity index is 1.68. The van der Waals surface area contributed by atoms with Gasteiger partial charge in [-0.2, -0.15) is 0 Å². The number of aliphatic hydroxyl groups is 1. The average Bonchev–Trinajstić information content (AvgIpc) is 3.48. The van der Waals surface area contributed by atoms with Gasteiger partial charge in [-0.3, -0.25) is 14.5 Å². The molecule has 7 heteroatoms. The fraction of sp³-hybridized carbons (Fsp3) is 0.107. The molecule has 3 aromatic carbocycles. The molecule has 1 amide bonds. The molecule has 1 aliphatic heterocycles. The molecule has 1 N–H and O–H groups in total. The van der Waals surface area contributed by atoms with Gasteiger partial charge in [0.15, 0.2) is 5.13 Å². The number of para-hydroxylation sites is 1. The molecule has 174 valence electrons. The Morgan fingerprint density at radius 1 is 0.971 bits per heavy atom. The van der Waals surface area contributed by atoms with Crippen LogP contribution < -0.4 is 9.64 Å². The van der Waals surface area contributed by atoms with Gasteiger partial charge in [-0.05, 0) is 55.3 Å². The maximum Gasteiger partial charge on any atom is 0.301 e. The number of carbonyl (C=O) groups is 2. The molecule has 0 saturated carbocycles. The molecule has 0 spiro atoms. The van der Waals surface area contributed by atoms with Crippen molar-refractivity contribution in [3.63, 3.8) is 0 Å². The molecular weight excluding hydrogens is 460 g/mol. The minimum Gasteiger partial charge on any atom is -0.507 e. The lowest BCUT2D eigenvalue weighted by Gasteiger charge is -2.23. The van der Waals surface area contributed by atoms with Crippen molar-refractivity contribution in [3.05, 3.63) is 112 Å². The molecule has 1 unspecified atom stereocenters. The normalized spacial score (nSPS) is 17.1. The van der Waals surface area contributed by atoms with Gasteiger partial charge in [0.05, 0.1) is 11.6 Å². The van der Waals surface area contributed by atoms with Gasteiger partial charge in [0, 0.05) is 17.1 Å². The van der Waals surface area contributed by atoms with E-state index >= 15 is 0 Å². The van der Waals surface area contributed by atoms with E-state index < -0.39 is 17.7 Å². The topological polar surface area (TPSA) is 79.7 Å². The molecule has 0 bridgehead atoms. The highest BCUT2D eigenvalue weighted by molar-refractivity contribution is 7.14. The van der Waals surface area contributed by atoms with Gasteiger partial charge in [0.25, 0.3) is 5.78 Å². The Bertz CT molecular complexity index is 1450. The van der Waals surface area contributed by atoms with Crippen molar-refractivity contribution in [2.24, 2.45) is 0 Å². The van der Waals surface area contributed by atoms with Crippen LogP contribution in [0.2, 0.25) is 0 Å². The van der Waals surface area contributed by atoms with Crippen LogP contribution >= 0.6 is 11.3 Å². The van der Waals surface area contributed by atoms with Crippen LogP contribution in [0.5, 0.6) is 11.5 Å². The summed E-state index contributed by atoms with van der Waals surface area (Å²) in [6.07, 6.45) is 1.58. The van der Waals surface area contributed by atoms with Crippen LogP contribution in [-0.2, 0) is 9.59 Å². The Morgan fingerprint density at radius 2 is 1.74 bits per heavy atom. The van der Waals surface area contributed by atoms with E-state index in [1.807, 2.05) is 68.4 Å². The first-order chi connectivity index (χ1) is 16.9. The summed E-state index contributed by atoms with van der Waals surface area (Å²) in [6.45, 7) is 3.76. The van der Waals surface area contributed by atoms with Crippen LogP contribution in [0.3, 0.4) is 0 Å². The maximum absolute atomic E-state index is 13.3. The zero-order valence-electron chi connectivity index (χ0n) is 19.1. The van der Waals surface area contributed by atoms with Crippen molar-refractivity contribution < 1.29 is 19.4 Å². The van der Waals surface area contributed by atoms with Gasteiger partial charge >= 0.3 is 5.91 Å². The number of anilines is 1. The van der Waals surface area contributed by atoms with Gasteiger partial charge < -0.3 is 9.84 Å². The molecular formula is C28H22N2O4S. The maximum atomic E-state index is 13.3. The monoisotopic (exact) mass is 482 g/mol. The highest BCUT2D eigenvalue weighted by atomic mass is 32.1. The highest BCUT2D eigenvalue weighted by Crippen LogP contribution is 2.44. The third kappa shape index (κ3) is 4.22. The first-order valence-electron chi connectivity index (χ1n) is 11.0. The minimum absolute atomic E-state index is 0.0239. The van der Waals surface area contributed by atoms with Crippen LogP contribution in [0, 0.1) is 13.8 Å². The number of ether oxygens (including phenoxy) is 1. The number of aryl methyl sites for hydroxylation is 2. The largest absolute Gasteiger partial charge is 0.507 e. The lowest BCUT2D eigenvalue weighted by Crippen LogP contribution is -2.29. The number of amides is 1. The molecule has 0 aliphatic carbocycles. The van der Waals surface area contributed by atoms with Crippen LogP contribution in [-0.4, -0.2) is 21.8 Å². The van der Waals surface area contributed by atoms with E-state index in [0.717, 1.165) is 11.1 Å². The van der Waals surface area contributed by atoms with Gasteiger partial charge in [-0.15, -0.1) is 11.3 Å². The predicted molar refractivity (Wildman–Crippen MR) is 136 cm³/mol. The summed E-state index contributed by atoms with van der Waals surface area (Å²) < 4.78 is 5.99. The predicted octanol–water partition coefficient (Wildman–Crippen LogP) is 6.18. The smallest absolute Gasteiger partial charge is 0.301 e. The molecule has 2 heterocycles. The van der Waals surface area contributed by atoms with Crippen molar-refractivity contribution in [2.75, 3.05) is 4.90 Å². The number of aromatic nitrogens is 1. The molecule has 0 radical (unpaired) electrons. The van der Waals surface area contributed by atoms with Gasteiger partial charge in [0.2, 0.25) is 0 Å². The molecule has 5 rings (SSSR count). The number of hydrogen-bond acceptors (Lipinski definition) is 6. The lowest BCUT2D eigenvalue weighted by atomic mass is 9.93. The molecule has 6 nitrogen and oxygen atoms in total. The summed E-state index contributed by atoms with van der Waals surface area (Å²) in [7, 11) is 0. The molecule has 1 aliphatic rings. The number of aliphatic hydroxyl groups excluding tert-OH is 1. The molecule has 35 heavy (non-hydrogen) atoms. The summed E-state index contributed by atoms with van der Waals surface area (Å²) in [6, 6.07) is 21.3. The lowest BCUT2D eigenvalue weighted by molar-refractivity contribution is -0.132. The van der Waals surface area contributed by atoms with Gasteiger partial charge in [-0.1, -0.05) is 48.0 Å². The number of carbonyl (C=O) groups excluding carboxylic acids is 2. The van der Waals surface area contributed by atoms with Crippen LogP contribution in [0.1, 0.15) is 28.3 Å². The number of hydrogen-bond donors (Lipinski definition) is 1. The molecule has 4 aromatic rings. The number of benzene rings is 3. The van der Waals surface area contributed by atoms with E-state index in [2.05, 4.69) is 4.98 Å². The van der Waals surface area contributed by atoms with E-state index in [1.54, 1.807) is 29.8 Å². The van der Waals surface area contributed by atoms with E-state index in [1.165, 1.54) is 16.2 Å². The number of ketones is 1. The van der Waals surface area contributed by atoms with Crippen molar-refractivity contribution in [1.82, 2.24) is 4.98 Å². The molecule has 1 atom stereocenters. The SMILES string of the molecule is Cc1ccc(C)c(/C(O)=C2\C(=O)C(=O)N(c3nccs3)C2c2cccc(Oc3ccccc3)c2)c1. The zero-order chi connectivity index (χ0) is 24.5. The summed E-state index contributed by atoms with van der Waals surface area (Å²) in [5, 5.41) is 13.5. The first kappa shape index (κ1) is 22.6. The van der Waals surface area contributed by atoms with Crippen LogP contribution in [0.25, 0.3) is 5.76 Å². The number of thiazole rings is 1. The van der Waals surface area contributed by atoms with Gasteiger partial charge in [0.1, 0.15) is 17.3 Å². The summed E-state index contributed by atoms with van der Waals surface area (Å²) in [5.41, 5.74) is 2.90. The quantitative estimate of drug-likeness (QED) is 0.209. The fourth-order valence-electron chi connectivity index (χ4n) is 4.19. The Labute approximate surface area is 206 Å². The van der Waals surface area contributed by atoms with Crippen LogP contribution in [0.4, 0.5) is 5.13 Å². The standard InChI is InChI=1S/C28H22N2O4S/c1-17-11-12-18(2)22(15-17)25(31)23-24(30(27(33)26(23)32)28-29-13-14-35-28)19-7-6-10-21(16-19)34-20-8-4-3-5-9-20/h3-16,24,31H,1-2H3/b25-23+. The van der Waals surface area contributed by atoms with Crippen molar-refractivity contribution in [2.45, 2.75) is 19.9 Å². The highest BCUT2D eigenvalue weighted by Gasteiger charge is 2.48. The van der Waals surface area contributed by atoms with E-state index in [9.17, 15) is 14.7 Å². The van der Waals surface area contributed by atoms with Crippen molar-refractivity contribution in [3.8, 4) is 11.5 Å². The third-order valence-electron chi connectivity index (χ3n) is 5.87. The third-order valence-corrected chi connectivity index (χ3v) is 6.64. The summed E-state index contributed by atoms with van der Waals surface area (Å²) in [5.74, 6) is -0.480. The number of nitrogens with zero attached hydrogens (tertiary/aromatic N) is 2. The van der Waals surface area contributed by atoms with E-state index in [-0.39, 0.29) is 11.3 Å². The van der Waals surface area contributed by atoms with Crippen molar-refractivity contribution in [1.29, 1.82) is 0 Å². The Morgan fingerprint density at radius 3 is 2.49 bits per heavy atom. The fourth-order valence-corrected chi connectivity index (χ4v) is 4.86. The minimum atomic E-state index is -0.861. The number of rotatable bonds is 5. The molecule has 1 saturated heterocycles. The number of Topliss-reactive ketones (excluding diaryl/α,β-unsaturated/α-hetero) is 1. The summed E-state index contributed by atoms with van der Waals surface area (Å²) in [4.78, 5) is 32.2. The molecule has 1 aromatic heterocycles. The second-order valence-electron chi connectivity index (χ2n) is 8.29. The van der Waals surface area contributed by atoms with E-state index in [4.69, 9.17) is 4.74 Å².